The maximum atomic E-state index is 11.8. The van der Waals surface area contributed by atoms with Crippen molar-refractivity contribution in [2.45, 2.75) is 25.9 Å². The number of aryl methyl sites for hydroxylation is 1. The molecular formula is C19H23NO3. The molecule has 0 saturated carbocycles. The summed E-state index contributed by atoms with van der Waals surface area (Å²) >= 11 is 0. The zero-order chi connectivity index (χ0) is 16.5. The topological polar surface area (TPSA) is 58.6 Å². The number of aliphatic hydroxyl groups excluding tert-OH is 1. The summed E-state index contributed by atoms with van der Waals surface area (Å²) in [6, 6.07) is 16.9. The van der Waals surface area contributed by atoms with Crippen molar-refractivity contribution in [2.24, 2.45) is 0 Å². The zero-order valence-corrected chi connectivity index (χ0v) is 13.4. The van der Waals surface area contributed by atoms with Crippen molar-refractivity contribution < 1.29 is 14.6 Å². The molecule has 1 atom stereocenters. The molecule has 23 heavy (non-hydrogen) atoms. The monoisotopic (exact) mass is 313 g/mol. The van der Waals surface area contributed by atoms with Gasteiger partial charge in [0.15, 0.2) is 6.10 Å². The quantitative estimate of drug-likeness (QED) is 0.737. The lowest BCUT2D eigenvalue weighted by atomic mass is 10.1. The molecule has 1 amide bonds. The Hall–Kier alpha value is -2.33. The molecule has 0 fully saturated rings. The molecule has 2 aromatic carbocycles. The highest BCUT2D eigenvalue weighted by Gasteiger charge is 2.15. The Morgan fingerprint density at radius 1 is 1.09 bits per heavy atom. The number of amides is 1. The van der Waals surface area contributed by atoms with Gasteiger partial charge in [0.2, 0.25) is 0 Å². The van der Waals surface area contributed by atoms with E-state index in [-0.39, 0.29) is 5.91 Å². The average molecular weight is 313 g/mol. The second-order valence-corrected chi connectivity index (χ2v) is 5.47. The van der Waals surface area contributed by atoms with Crippen LogP contribution in [0.1, 0.15) is 30.1 Å². The first kappa shape index (κ1) is 17.0. The molecule has 0 bridgehead atoms. The van der Waals surface area contributed by atoms with Crippen LogP contribution in [0.3, 0.4) is 0 Å². The number of hydrogen-bond acceptors (Lipinski definition) is 3. The molecule has 0 spiro atoms. The SMILES string of the molecule is Cc1ccc(OCCCCNC(=O)C(O)c2ccccc2)cc1. The van der Waals surface area contributed by atoms with Crippen LogP contribution in [0.15, 0.2) is 54.6 Å². The van der Waals surface area contributed by atoms with E-state index in [1.54, 1.807) is 24.3 Å². The summed E-state index contributed by atoms with van der Waals surface area (Å²) in [7, 11) is 0. The Morgan fingerprint density at radius 2 is 1.78 bits per heavy atom. The van der Waals surface area contributed by atoms with Crippen LogP contribution in [0.5, 0.6) is 5.75 Å². The molecule has 0 radical (unpaired) electrons. The highest BCUT2D eigenvalue weighted by Crippen LogP contribution is 2.13. The minimum absolute atomic E-state index is 0.365. The molecule has 2 aromatic rings. The van der Waals surface area contributed by atoms with E-state index in [4.69, 9.17) is 4.74 Å². The number of hydrogen-bond donors (Lipinski definition) is 2. The summed E-state index contributed by atoms with van der Waals surface area (Å²) in [5.74, 6) is 0.495. The Morgan fingerprint density at radius 3 is 2.48 bits per heavy atom. The van der Waals surface area contributed by atoms with Gasteiger partial charge >= 0.3 is 0 Å². The van der Waals surface area contributed by atoms with Crippen molar-refractivity contribution >= 4 is 5.91 Å². The predicted molar refractivity (Wildman–Crippen MR) is 90.3 cm³/mol. The van der Waals surface area contributed by atoms with E-state index in [2.05, 4.69) is 5.32 Å². The number of nitrogens with one attached hydrogen (secondary N) is 1. The number of rotatable bonds is 8. The normalized spacial score (nSPS) is 11.7. The second-order valence-electron chi connectivity index (χ2n) is 5.47. The van der Waals surface area contributed by atoms with Crippen LogP contribution in [-0.4, -0.2) is 24.2 Å². The number of ether oxygens (including phenoxy) is 1. The van der Waals surface area contributed by atoms with Crippen LogP contribution >= 0.6 is 0 Å². The summed E-state index contributed by atoms with van der Waals surface area (Å²) in [6.07, 6.45) is 0.536. The number of unbranched alkanes of at least 4 members (excludes halogenated alkanes) is 1. The van der Waals surface area contributed by atoms with E-state index < -0.39 is 6.10 Å². The van der Waals surface area contributed by atoms with Crippen molar-refractivity contribution in [3.8, 4) is 5.75 Å². The fourth-order valence-corrected chi connectivity index (χ4v) is 2.15. The molecule has 2 rings (SSSR count). The second kappa shape index (κ2) is 8.96. The lowest BCUT2D eigenvalue weighted by molar-refractivity contribution is -0.129. The van der Waals surface area contributed by atoms with Gasteiger partial charge in [-0.05, 0) is 37.5 Å². The van der Waals surface area contributed by atoms with Gasteiger partial charge in [0.25, 0.3) is 5.91 Å². The summed E-state index contributed by atoms with van der Waals surface area (Å²) in [5.41, 5.74) is 1.81. The third kappa shape index (κ3) is 5.75. The van der Waals surface area contributed by atoms with Crippen molar-refractivity contribution in [3.63, 3.8) is 0 Å². The van der Waals surface area contributed by atoms with Crippen LogP contribution in [0.2, 0.25) is 0 Å². The smallest absolute Gasteiger partial charge is 0.253 e. The van der Waals surface area contributed by atoms with Gasteiger partial charge < -0.3 is 15.2 Å². The summed E-state index contributed by atoms with van der Waals surface area (Å²) in [5, 5.41) is 12.7. The van der Waals surface area contributed by atoms with Gasteiger partial charge in [-0.3, -0.25) is 4.79 Å². The molecule has 4 nitrogen and oxygen atoms in total. The van der Waals surface area contributed by atoms with Gasteiger partial charge in [0.05, 0.1) is 6.61 Å². The van der Waals surface area contributed by atoms with Crippen LogP contribution in [0, 0.1) is 6.92 Å². The van der Waals surface area contributed by atoms with E-state index in [1.165, 1.54) is 5.56 Å². The van der Waals surface area contributed by atoms with Crippen molar-refractivity contribution in [1.82, 2.24) is 5.32 Å². The third-order valence-electron chi connectivity index (χ3n) is 3.52. The fourth-order valence-electron chi connectivity index (χ4n) is 2.15. The van der Waals surface area contributed by atoms with Crippen molar-refractivity contribution in [3.05, 3.63) is 65.7 Å². The van der Waals surface area contributed by atoms with Gasteiger partial charge in [-0.1, -0.05) is 48.0 Å². The van der Waals surface area contributed by atoms with Gasteiger partial charge in [-0.15, -0.1) is 0 Å². The first-order chi connectivity index (χ1) is 11.2. The number of aliphatic hydroxyl groups is 1. The van der Waals surface area contributed by atoms with Crippen LogP contribution in [0.25, 0.3) is 0 Å². The maximum Gasteiger partial charge on any atom is 0.253 e. The summed E-state index contributed by atoms with van der Waals surface area (Å²) in [6.45, 7) is 3.18. The molecule has 0 heterocycles. The minimum Gasteiger partial charge on any atom is -0.494 e. The maximum absolute atomic E-state index is 11.8. The van der Waals surface area contributed by atoms with Gasteiger partial charge in [0.1, 0.15) is 5.75 Å². The Kier molecular flexibility index (Phi) is 6.63. The van der Waals surface area contributed by atoms with E-state index in [0.717, 1.165) is 18.6 Å². The summed E-state index contributed by atoms with van der Waals surface area (Å²) < 4.78 is 5.62. The van der Waals surface area contributed by atoms with Gasteiger partial charge in [-0.25, -0.2) is 0 Å². The lowest BCUT2D eigenvalue weighted by Gasteiger charge is -2.11. The minimum atomic E-state index is -1.11. The molecule has 0 aliphatic carbocycles. The average Bonchev–Trinajstić information content (AvgIpc) is 2.59. The van der Waals surface area contributed by atoms with Crippen molar-refractivity contribution in [2.75, 3.05) is 13.2 Å². The highest BCUT2D eigenvalue weighted by molar-refractivity contribution is 5.81. The summed E-state index contributed by atoms with van der Waals surface area (Å²) in [4.78, 5) is 11.8. The van der Waals surface area contributed by atoms with E-state index in [1.807, 2.05) is 37.3 Å². The Balaban J connectivity index is 1.60. The molecule has 1 unspecified atom stereocenters. The molecule has 0 aliphatic rings. The molecule has 2 N–H and O–H groups in total. The van der Waals surface area contributed by atoms with Gasteiger partial charge in [-0.2, -0.15) is 0 Å². The van der Waals surface area contributed by atoms with E-state index in [0.29, 0.717) is 18.7 Å². The number of carbonyl (C=O) groups excluding carboxylic acids is 1. The lowest BCUT2D eigenvalue weighted by Crippen LogP contribution is -2.30. The number of carbonyl (C=O) groups is 1. The first-order valence-corrected chi connectivity index (χ1v) is 7.87. The predicted octanol–water partition coefficient (Wildman–Crippen LogP) is 3.00. The zero-order valence-electron chi connectivity index (χ0n) is 13.4. The Labute approximate surface area is 137 Å². The Bertz CT molecular complexity index is 596. The fraction of sp³-hybridized carbons (Fsp3) is 0.316. The molecule has 0 saturated heterocycles. The van der Waals surface area contributed by atoms with Crippen LogP contribution in [-0.2, 0) is 4.79 Å². The van der Waals surface area contributed by atoms with Crippen LogP contribution < -0.4 is 10.1 Å². The third-order valence-corrected chi connectivity index (χ3v) is 3.52. The molecule has 0 aromatic heterocycles. The van der Waals surface area contributed by atoms with E-state index in [9.17, 15) is 9.90 Å². The molecule has 4 heteroatoms. The van der Waals surface area contributed by atoms with Gasteiger partial charge in [0, 0.05) is 6.54 Å². The highest BCUT2D eigenvalue weighted by atomic mass is 16.5. The molecular weight excluding hydrogens is 290 g/mol. The number of benzene rings is 2. The largest absolute Gasteiger partial charge is 0.494 e. The van der Waals surface area contributed by atoms with Crippen LogP contribution in [0.4, 0.5) is 0 Å². The van der Waals surface area contributed by atoms with Crippen molar-refractivity contribution in [1.29, 1.82) is 0 Å². The first-order valence-electron chi connectivity index (χ1n) is 7.87. The standard InChI is InChI=1S/C19H23NO3/c1-15-9-11-17(12-10-15)23-14-6-5-13-20-19(22)18(21)16-7-3-2-4-8-16/h2-4,7-12,18,21H,5-6,13-14H2,1H3,(H,20,22). The van der Waals surface area contributed by atoms with E-state index >= 15 is 0 Å². The molecule has 0 aliphatic heterocycles. The molecule has 122 valence electrons.